The fraction of sp³-hybridized carbons (Fsp3) is 0.455. The minimum Gasteiger partial charge on any atom is -0.454 e. The van der Waals surface area contributed by atoms with E-state index in [1.807, 2.05) is 30.5 Å². The van der Waals surface area contributed by atoms with Crippen molar-refractivity contribution in [2.24, 2.45) is 17.8 Å². The normalized spacial score (nSPS) is 25.8. The monoisotopic (exact) mass is 438 g/mol. The lowest BCUT2D eigenvalue weighted by Crippen LogP contribution is -2.37. The van der Waals surface area contributed by atoms with Crippen LogP contribution in [0.5, 0.6) is 11.5 Å². The van der Waals surface area contributed by atoms with Crippen LogP contribution in [-0.4, -0.2) is 27.8 Å². The maximum atomic E-state index is 13.1. The molecule has 3 aliphatic rings. The molecule has 9 heteroatoms. The molecule has 3 heterocycles. The Labute approximate surface area is 183 Å². The number of nitrogens with zero attached hydrogens (tertiary/aromatic N) is 3. The Morgan fingerprint density at radius 1 is 1.19 bits per heavy atom. The molecule has 6 rings (SSSR count). The van der Waals surface area contributed by atoms with Crippen molar-refractivity contribution in [3.8, 4) is 22.9 Å². The van der Waals surface area contributed by atoms with Gasteiger partial charge in [-0.2, -0.15) is 4.98 Å². The summed E-state index contributed by atoms with van der Waals surface area (Å²) < 4.78 is 16.5. The van der Waals surface area contributed by atoms with Gasteiger partial charge in [0.15, 0.2) is 11.5 Å². The third-order valence-electron chi connectivity index (χ3n) is 6.69. The Morgan fingerprint density at radius 3 is 2.94 bits per heavy atom. The summed E-state index contributed by atoms with van der Waals surface area (Å²) in [6.45, 7) is 2.64. The zero-order valence-electron chi connectivity index (χ0n) is 17.0. The number of hydrogen-bond donors (Lipinski definition) is 1. The number of carbonyl (C=O) groups excluding carboxylic acids is 1. The molecule has 8 nitrogen and oxygen atoms in total. The standard InChI is InChI=1S/C22H22N4O4S/c1-11-24-15(9-31-11)8-23-21(27)18-12-2-3-13(6-12)19(18)22-25-20(26-30-22)14-4-5-16-17(7-14)29-10-28-16/h4-5,7,9,12-13,18-19H,2-3,6,8,10H2,1H3,(H,23,27)/t12-,13+,18-,19-/m0/s1. The topological polar surface area (TPSA) is 99.4 Å². The largest absolute Gasteiger partial charge is 0.454 e. The predicted molar refractivity (Wildman–Crippen MR) is 112 cm³/mol. The molecule has 2 aromatic heterocycles. The lowest BCUT2D eigenvalue weighted by Gasteiger charge is -2.27. The van der Waals surface area contributed by atoms with Gasteiger partial charge in [-0.3, -0.25) is 4.79 Å². The summed E-state index contributed by atoms with van der Waals surface area (Å²) in [6.07, 6.45) is 3.23. The Morgan fingerprint density at radius 2 is 2.06 bits per heavy atom. The number of benzene rings is 1. The van der Waals surface area contributed by atoms with Crippen molar-refractivity contribution in [1.82, 2.24) is 20.4 Å². The smallest absolute Gasteiger partial charge is 0.231 e. The van der Waals surface area contributed by atoms with Crippen molar-refractivity contribution >= 4 is 17.2 Å². The van der Waals surface area contributed by atoms with E-state index in [0.717, 1.165) is 35.5 Å². The van der Waals surface area contributed by atoms with Crippen LogP contribution in [0, 0.1) is 24.7 Å². The van der Waals surface area contributed by atoms with Crippen LogP contribution in [0.1, 0.15) is 41.8 Å². The first-order valence-corrected chi connectivity index (χ1v) is 11.5. The number of hydrogen-bond acceptors (Lipinski definition) is 8. The van der Waals surface area contributed by atoms with Gasteiger partial charge in [-0.25, -0.2) is 4.98 Å². The number of nitrogens with one attached hydrogen (secondary N) is 1. The van der Waals surface area contributed by atoms with Gasteiger partial charge in [-0.15, -0.1) is 11.3 Å². The van der Waals surface area contributed by atoms with Crippen molar-refractivity contribution in [3.05, 3.63) is 40.2 Å². The van der Waals surface area contributed by atoms with Crippen LogP contribution in [0.15, 0.2) is 28.1 Å². The molecule has 0 radical (unpaired) electrons. The number of rotatable bonds is 5. The Hall–Kier alpha value is -2.94. The van der Waals surface area contributed by atoms with Gasteiger partial charge in [-0.1, -0.05) is 5.16 Å². The second kappa shape index (κ2) is 7.33. The Kier molecular flexibility index (Phi) is 4.45. The highest BCUT2D eigenvalue weighted by Gasteiger charge is 2.53. The quantitative estimate of drug-likeness (QED) is 0.649. The average molecular weight is 439 g/mol. The molecule has 1 N–H and O–H groups in total. The number of thiazole rings is 1. The summed E-state index contributed by atoms with van der Waals surface area (Å²) >= 11 is 1.59. The predicted octanol–water partition coefficient (Wildman–Crippen LogP) is 3.68. The fourth-order valence-corrected chi connectivity index (χ4v) is 5.94. The van der Waals surface area contributed by atoms with Crippen LogP contribution < -0.4 is 14.8 Å². The molecule has 0 spiro atoms. The summed E-state index contributed by atoms with van der Waals surface area (Å²) in [5.74, 6) is 3.13. The zero-order valence-corrected chi connectivity index (χ0v) is 17.9. The maximum Gasteiger partial charge on any atom is 0.231 e. The number of aromatic nitrogens is 3. The second-order valence-electron chi connectivity index (χ2n) is 8.48. The van der Waals surface area contributed by atoms with E-state index in [-0.39, 0.29) is 24.5 Å². The van der Waals surface area contributed by atoms with Crippen LogP contribution in [0.3, 0.4) is 0 Å². The molecule has 2 saturated carbocycles. The number of ether oxygens (including phenoxy) is 2. The molecule has 2 aliphatic carbocycles. The van der Waals surface area contributed by atoms with Crippen molar-refractivity contribution in [2.75, 3.05) is 6.79 Å². The number of aryl methyl sites for hydroxylation is 1. The average Bonchev–Trinajstić information content (AvgIpc) is 3.59. The minimum atomic E-state index is -0.136. The third kappa shape index (κ3) is 3.27. The fourth-order valence-electron chi connectivity index (χ4n) is 5.33. The third-order valence-corrected chi connectivity index (χ3v) is 7.51. The highest BCUT2D eigenvalue weighted by atomic mass is 32.1. The van der Waals surface area contributed by atoms with Crippen molar-refractivity contribution < 1.29 is 18.8 Å². The molecule has 2 bridgehead atoms. The summed E-state index contributed by atoms with van der Waals surface area (Å²) in [5.41, 5.74) is 1.71. The van der Waals surface area contributed by atoms with Gasteiger partial charge in [0.1, 0.15) is 0 Å². The molecular formula is C22H22N4O4S. The molecule has 0 unspecified atom stereocenters. The number of amides is 1. The number of fused-ring (bicyclic) bond motifs is 3. The van der Waals surface area contributed by atoms with Gasteiger partial charge < -0.3 is 19.3 Å². The van der Waals surface area contributed by atoms with Crippen molar-refractivity contribution in [3.63, 3.8) is 0 Å². The van der Waals surface area contributed by atoms with Crippen LogP contribution in [0.4, 0.5) is 0 Å². The van der Waals surface area contributed by atoms with Crippen molar-refractivity contribution in [2.45, 2.75) is 38.6 Å². The Bertz CT molecular complexity index is 1140. The summed E-state index contributed by atoms with van der Waals surface area (Å²) in [4.78, 5) is 22.3. The molecule has 3 aromatic rings. The highest BCUT2D eigenvalue weighted by Crippen LogP contribution is 2.56. The first-order chi connectivity index (χ1) is 15.2. The van der Waals surface area contributed by atoms with Gasteiger partial charge in [0, 0.05) is 10.9 Å². The van der Waals surface area contributed by atoms with Gasteiger partial charge >= 0.3 is 0 Å². The highest BCUT2D eigenvalue weighted by molar-refractivity contribution is 7.09. The lowest BCUT2D eigenvalue weighted by molar-refractivity contribution is -0.127. The Balaban J connectivity index is 1.23. The molecule has 1 aliphatic heterocycles. The second-order valence-corrected chi connectivity index (χ2v) is 9.55. The van der Waals surface area contributed by atoms with Gasteiger partial charge in [-0.05, 0) is 56.2 Å². The molecular weight excluding hydrogens is 416 g/mol. The maximum absolute atomic E-state index is 13.1. The van der Waals surface area contributed by atoms with E-state index in [4.69, 9.17) is 19.0 Å². The summed E-state index contributed by atoms with van der Waals surface area (Å²) in [5, 5.41) is 10.3. The van der Waals surface area contributed by atoms with E-state index in [1.54, 1.807) is 11.3 Å². The number of carbonyl (C=O) groups is 1. The van der Waals surface area contributed by atoms with Crippen LogP contribution >= 0.6 is 11.3 Å². The molecule has 160 valence electrons. The van der Waals surface area contributed by atoms with E-state index >= 15 is 0 Å². The summed E-state index contributed by atoms with van der Waals surface area (Å²) in [7, 11) is 0. The van der Waals surface area contributed by atoms with Gasteiger partial charge in [0.05, 0.1) is 29.1 Å². The zero-order chi connectivity index (χ0) is 20.9. The van der Waals surface area contributed by atoms with E-state index < -0.39 is 0 Å². The first kappa shape index (κ1) is 18.8. The van der Waals surface area contributed by atoms with Crippen LogP contribution in [0.2, 0.25) is 0 Å². The van der Waals surface area contributed by atoms with E-state index in [0.29, 0.717) is 41.6 Å². The molecule has 1 amide bonds. The van der Waals surface area contributed by atoms with Crippen LogP contribution in [0.25, 0.3) is 11.4 Å². The van der Waals surface area contributed by atoms with E-state index in [2.05, 4.69) is 15.5 Å². The van der Waals surface area contributed by atoms with Crippen molar-refractivity contribution in [1.29, 1.82) is 0 Å². The molecule has 4 atom stereocenters. The molecule has 1 aromatic carbocycles. The molecule has 31 heavy (non-hydrogen) atoms. The molecule has 2 fully saturated rings. The van der Waals surface area contributed by atoms with Crippen LogP contribution in [-0.2, 0) is 11.3 Å². The lowest BCUT2D eigenvalue weighted by atomic mass is 9.78. The van der Waals surface area contributed by atoms with Gasteiger partial charge in [0.2, 0.25) is 24.4 Å². The van der Waals surface area contributed by atoms with E-state index in [9.17, 15) is 4.79 Å². The van der Waals surface area contributed by atoms with E-state index in [1.165, 1.54) is 0 Å². The van der Waals surface area contributed by atoms with Gasteiger partial charge in [0.25, 0.3) is 0 Å². The SMILES string of the molecule is Cc1nc(CNC(=O)[C@H]2[C@H]3CC[C@H](C3)[C@@H]2c2nc(-c3ccc4c(c3)OCO4)no2)cs1. The summed E-state index contributed by atoms with van der Waals surface area (Å²) in [6, 6.07) is 5.60. The first-order valence-electron chi connectivity index (χ1n) is 10.6. The minimum absolute atomic E-state index is 0.0359. The molecule has 0 saturated heterocycles.